The smallest absolute Gasteiger partial charge is 0.101 e. The van der Waals surface area contributed by atoms with Gasteiger partial charge in [0.25, 0.3) is 0 Å². The highest BCUT2D eigenvalue weighted by atomic mass is 14.7. The lowest BCUT2D eigenvalue weighted by molar-refractivity contribution is 0.719. The number of hydrogen-bond donors (Lipinski definition) is 1. The standard InChI is InChI=1S/C8H10BN/c1-8(9,10)7-5-3-2-4-6-7/h2-6H,10H2,1H3/t8-/m0/s1. The zero-order chi connectivity index (χ0) is 7.61. The Labute approximate surface area is 62.7 Å². The van der Waals surface area contributed by atoms with Crippen molar-refractivity contribution in [2.75, 3.05) is 0 Å². The number of nitrogens with two attached hydrogens (primary N) is 1. The maximum Gasteiger partial charge on any atom is 0.101 e. The normalized spacial score (nSPS) is 16.2. The first-order valence-corrected chi connectivity index (χ1v) is 3.24. The molecular weight excluding hydrogens is 121 g/mol. The van der Waals surface area contributed by atoms with Crippen molar-refractivity contribution in [1.82, 2.24) is 0 Å². The third-order valence-electron chi connectivity index (χ3n) is 1.40. The van der Waals surface area contributed by atoms with Gasteiger partial charge in [-0.05, 0) is 11.0 Å². The molecule has 0 heterocycles. The van der Waals surface area contributed by atoms with Crippen LogP contribution in [0.15, 0.2) is 30.3 Å². The Bertz CT molecular complexity index is 200. The average molecular weight is 131 g/mol. The summed E-state index contributed by atoms with van der Waals surface area (Å²) in [5.74, 6) is 0. The molecule has 0 spiro atoms. The van der Waals surface area contributed by atoms with E-state index in [0.717, 1.165) is 5.56 Å². The molecule has 50 valence electrons. The molecule has 0 aliphatic heterocycles. The Kier molecular flexibility index (Phi) is 1.81. The molecule has 0 saturated carbocycles. The molecule has 2 radical (unpaired) electrons. The Hall–Kier alpha value is -0.755. The summed E-state index contributed by atoms with van der Waals surface area (Å²) in [5.41, 5.74) is 5.88. The fourth-order valence-electron chi connectivity index (χ4n) is 0.797. The van der Waals surface area contributed by atoms with Crippen LogP contribution in [0.1, 0.15) is 12.5 Å². The van der Waals surface area contributed by atoms with Crippen molar-refractivity contribution >= 4 is 7.85 Å². The Morgan fingerprint density at radius 1 is 1.30 bits per heavy atom. The summed E-state index contributed by atoms with van der Waals surface area (Å²) in [5, 5.41) is 0. The molecule has 10 heavy (non-hydrogen) atoms. The molecule has 1 aromatic carbocycles. The van der Waals surface area contributed by atoms with E-state index in [1.807, 2.05) is 30.3 Å². The summed E-state index contributed by atoms with van der Waals surface area (Å²) in [4.78, 5) is 0. The van der Waals surface area contributed by atoms with Crippen molar-refractivity contribution in [3.8, 4) is 0 Å². The van der Waals surface area contributed by atoms with Crippen molar-refractivity contribution in [1.29, 1.82) is 0 Å². The van der Waals surface area contributed by atoms with Gasteiger partial charge < -0.3 is 5.73 Å². The summed E-state index contributed by atoms with van der Waals surface area (Å²) >= 11 is 0. The Morgan fingerprint density at radius 2 is 1.80 bits per heavy atom. The van der Waals surface area contributed by atoms with Gasteiger partial charge in [-0.25, -0.2) is 0 Å². The molecule has 0 unspecified atom stereocenters. The Balaban J connectivity index is 2.97. The fraction of sp³-hybridized carbons (Fsp3) is 0.250. The molecule has 1 nitrogen and oxygen atoms in total. The van der Waals surface area contributed by atoms with Crippen LogP contribution in [0.25, 0.3) is 0 Å². The first kappa shape index (κ1) is 7.35. The number of rotatable bonds is 1. The summed E-state index contributed by atoms with van der Waals surface area (Å²) in [6.07, 6.45) is 0. The van der Waals surface area contributed by atoms with Crippen molar-refractivity contribution in [2.24, 2.45) is 5.73 Å². The monoisotopic (exact) mass is 131 g/mol. The first-order valence-electron chi connectivity index (χ1n) is 3.24. The van der Waals surface area contributed by atoms with E-state index in [4.69, 9.17) is 13.6 Å². The van der Waals surface area contributed by atoms with Crippen LogP contribution in [-0.4, -0.2) is 7.85 Å². The molecule has 0 bridgehead atoms. The molecule has 0 aliphatic carbocycles. The van der Waals surface area contributed by atoms with Gasteiger partial charge in [0.2, 0.25) is 0 Å². The maximum atomic E-state index is 5.63. The highest BCUT2D eigenvalue weighted by Crippen LogP contribution is 2.11. The minimum atomic E-state index is -0.707. The SMILES string of the molecule is [B][C@@](C)(N)c1ccccc1. The molecule has 0 amide bonds. The average Bonchev–Trinajstić information content (AvgIpc) is 1.88. The van der Waals surface area contributed by atoms with Crippen LogP contribution < -0.4 is 5.73 Å². The minimum absolute atomic E-state index is 0.707. The molecule has 2 N–H and O–H groups in total. The van der Waals surface area contributed by atoms with Crippen molar-refractivity contribution in [2.45, 2.75) is 12.4 Å². The molecule has 1 rings (SSSR count). The van der Waals surface area contributed by atoms with Gasteiger partial charge in [0.05, 0.1) is 0 Å². The third kappa shape index (κ3) is 1.61. The minimum Gasteiger partial charge on any atom is -0.329 e. The van der Waals surface area contributed by atoms with Crippen LogP contribution in [0.4, 0.5) is 0 Å². The first-order chi connectivity index (χ1) is 4.61. The molecular formula is C8H10BN. The largest absolute Gasteiger partial charge is 0.329 e. The zero-order valence-corrected chi connectivity index (χ0v) is 6.04. The lowest BCUT2D eigenvalue weighted by atomic mass is 9.75. The topological polar surface area (TPSA) is 26.0 Å². The van der Waals surface area contributed by atoms with Crippen LogP contribution in [0, 0.1) is 0 Å². The van der Waals surface area contributed by atoms with Gasteiger partial charge in [0, 0.05) is 0 Å². The highest BCUT2D eigenvalue weighted by molar-refractivity contribution is 6.15. The van der Waals surface area contributed by atoms with Gasteiger partial charge in [-0.15, -0.1) is 0 Å². The van der Waals surface area contributed by atoms with Crippen molar-refractivity contribution in [3.05, 3.63) is 35.9 Å². The Morgan fingerprint density at radius 3 is 2.10 bits per heavy atom. The maximum absolute atomic E-state index is 5.63. The second-order valence-corrected chi connectivity index (χ2v) is 2.65. The van der Waals surface area contributed by atoms with E-state index in [1.165, 1.54) is 0 Å². The summed E-state index contributed by atoms with van der Waals surface area (Å²) in [7, 11) is 5.63. The van der Waals surface area contributed by atoms with Gasteiger partial charge in [-0.2, -0.15) is 0 Å². The molecule has 0 fully saturated rings. The van der Waals surface area contributed by atoms with E-state index in [9.17, 15) is 0 Å². The fourth-order valence-corrected chi connectivity index (χ4v) is 0.797. The highest BCUT2D eigenvalue weighted by Gasteiger charge is 2.11. The van der Waals surface area contributed by atoms with Crippen LogP contribution in [0.5, 0.6) is 0 Å². The van der Waals surface area contributed by atoms with Crippen molar-refractivity contribution in [3.63, 3.8) is 0 Å². The van der Waals surface area contributed by atoms with E-state index < -0.39 is 5.44 Å². The van der Waals surface area contributed by atoms with Gasteiger partial charge in [0.1, 0.15) is 7.85 Å². The quantitative estimate of drug-likeness (QED) is 0.565. The number of benzene rings is 1. The van der Waals surface area contributed by atoms with Crippen LogP contribution >= 0.6 is 0 Å². The van der Waals surface area contributed by atoms with E-state index >= 15 is 0 Å². The van der Waals surface area contributed by atoms with E-state index in [-0.39, 0.29) is 0 Å². The van der Waals surface area contributed by atoms with E-state index in [1.54, 1.807) is 6.92 Å². The number of hydrogen-bond acceptors (Lipinski definition) is 1. The molecule has 0 saturated heterocycles. The van der Waals surface area contributed by atoms with Crippen molar-refractivity contribution < 1.29 is 0 Å². The molecule has 0 aliphatic rings. The summed E-state index contributed by atoms with van der Waals surface area (Å²) in [6.45, 7) is 1.78. The predicted octanol–water partition coefficient (Wildman–Crippen LogP) is 0.987. The predicted molar refractivity (Wildman–Crippen MR) is 43.7 cm³/mol. The lowest BCUT2D eigenvalue weighted by Crippen LogP contribution is -2.32. The molecule has 1 atom stereocenters. The molecule has 1 aromatic rings. The van der Waals surface area contributed by atoms with Gasteiger partial charge in [-0.3, -0.25) is 0 Å². The van der Waals surface area contributed by atoms with Gasteiger partial charge in [0.15, 0.2) is 0 Å². The van der Waals surface area contributed by atoms with E-state index in [0.29, 0.717) is 0 Å². The third-order valence-corrected chi connectivity index (χ3v) is 1.40. The van der Waals surface area contributed by atoms with Gasteiger partial charge in [-0.1, -0.05) is 37.3 Å². The van der Waals surface area contributed by atoms with Gasteiger partial charge >= 0.3 is 0 Å². The second-order valence-electron chi connectivity index (χ2n) is 2.65. The summed E-state index contributed by atoms with van der Waals surface area (Å²) < 4.78 is 0. The van der Waals surface area contributed by atoms with Crippen LogP contribution in [0.3, 0.4) is 0 Å². The zero-order valence-electron chi connectivity index (χ0n) is 6.04. The summed E-state index contributed by atoms with van der Waals surface area (Å²) in [6, 6.07) is 9.62. The second kappa shape index (κ2) is 2.47. The molecule has 0 aromatic heterocycles. The molecule has 2 heteroatoms. The van der Waals surface area contributed by atoms with Crippen LogP contribution in [0.2, 0.25) is 0 Å². The van der Waals surface area contributed by atoms with E-state index in [2.05, 4.69) is 0 Å². The lowest BCUT2D eigenvalue weighted by Gasteiger charge is -2.18. The van der Waals surface area contributed by atoms with Crippen LogP contribution in [-0.2, 0) is 5.44 Å².